The molecule has 3 heterocycles. The van der Waals surface area contributed by atoms with Gasteiger partial charge in [0.1, 0.15) is 5.76 Å². The van der Waals surface area contributed by atoms with E-state index in [0.717, 1.165) is 30.1 Å². The molecule has 30 heavy (non-hydrogen) atoms. The Bertz CT molecular complexity index is 909. The number of anilines is 2. The minimum atomic E-state index is -0.0825. The highest BCUT2D eigenvalue weighted by Crippen LogP contribution is 2.25. The summed E-state index contributed by atoms with van der Waals surface area (Å²) in [6.45, 7) is 8.95. The van der Waals surface area contributed by atoms with Crippen LogP contribution in [0.4, 0.5) is 11.4 Å². The summed E-state index contributed by atoms with van der Waals surface area (Å²) in [6, 6.07) is 9.77. The van der Waals surface area contributed by atoms with Crippen LogP contribution in [-0.4, -0.2) is 67.4 Å². The maximum absolute atomic E-state index is 12.6. The van der Waals surface area contributed by atoms with Gasteiger partial charge in [-0.1, -0.05) is 0 Å². The van der Waals surface area contributed by atoms with Crippen molar-refractivity contribution in [1.82, 2.24) is 9.80 Å². The van der Waals surface area contributed by atoms with E-state index >= 15 is 0 Å². The molecule has 0 bridgehead atoms. The molecule has 2 aliphatic rings. The van der Waals surface area contributed by atoms with Gasteiger partial charge in [0, 0.05) is 50.6 Å². The fourth-order valence-corrected chi connectivity index (χ4v) is 4.17. The number of rotatable bonds is 5. The molecule has 0 atom stereocenters. The lowest BCUT2D eigenvalue weighted by Gasteiger charge is -2.33. The van der Waals surface area contributed by atoms with E-state index in [1.54, 1.807) is 17.0 Å². The lowest BCUT2D eigenvalue weighted by atomic mass is 10.1. The van der Waals surface area contributed by atoms with Crippen molar-refractivity contribution in [3.05, 3.63) is 47.4 Å². The van der Waals surface area contributed by atoms with Gasteiger partial charge in [0.05, 0.1) is 6.54 Å². The molecule has 0 saturated carbocycles. The average Bonchev–Trinajstić information content (AvgIpc) is 3.41. The van der Waals surface area contributed by atoms with Crippen LogP contribution >= 0.6 is 0 Å². The molecule has 7 nitrogen and oxygen atoms in total. The molecule has 2 fully saturated rings. The normalized spacial score (nSPS) is 17.4. The zero-order valence-corrected chi connectivity index (χ0v) is 17.8. The summed E-state index contributed by atoms with van der Waals surface area (Å²) >= 11 is 0. The summed E-state index contributed by atoms with van der Waals surface area (Å²) in [4.78, 5) is 31.3. The monoisotopic (exact) mass is 410 g/mol. The van der Waals surface area contributed by atoms with Gasteiger partial charge in [-0.05, 0) is 62.6 Å². The van der Waals surface area contributed by atoms with E-state index in [1.807, 2.05) is 19.9 Å². The molecular formula is C23H30N4O3. The average molecular weight is 411 g/mol. The Morgan fingerprint density at radius 2 is 1.70 bits per heavy atom. The van der Waals surface area contributed by atoms with E-state index in [4.69, 9.17) is 4.42 Å². The van der Waals surface area contributed by atoms with Crippen molar-refractivity contribution in [2.75, 3.05) is 56.0 Å². The van der Waals surface area contributed by atoms with Crippen molar-refractivity contribution >= 4 is 23.2 Å². The quantitative estimate of drug-likeness (QED) is 0.821. The lowest BCUT2D eigenvalue weighted by Crippen LogP contribution is -2.50. The summed E-state index contributed by atoms with van der Waals surface area (Å²) in [6.07, 6.45) is 2.50. The van der Waals surface area contributed by atoms with Crippen LogP contribution in [0.15, 0.2) is 34.7 Å². The Labute approximate surface area is 177 Å². The number of carbonyl (C=O) groups excluding carboxylic acids is 2. The van der Waals surface area contributed by atoms with Crippen LogP contribution < -0.4 is 10.2 Å². The molecule has 2 amide bonds. The maximum atomic E-state index is 12.6. The van der Waals surface area contributed by atoms with Crippen LogP contribution in [0.2, 0.25) is 0 Å². The third kappa shape index (κ3) is 4.67. The van der Waals surface area contributed by atoms with Crippen LogP contribution in [0.5, 0.6) is 0 Å². The summed E-state index contributed by atoms with van der Waals surface area (Å²) in [5, 5.41) is 3.04. The van der Waals surface area contributed by atoms with Crippen LogP contribution in [0.1, 0.15) is 34.7 Å². The Hall–Kier alpha value is -2.80. The first-order valence-corrected chi connectivity index (χ1v) is 10.7. The number of nitrogens with zero attached hydrogens (tertiary/aromatic N) is 3. The minimum absolute atomic E-state index is 0.0199. The zero-order chi connectivity index (χ0) is 21.1. The number of amides is 2. The highest BCUT2D eigenvalue weighted by Gasteiger charge is 2.25. The van der Waals surface area contributed by atoms with Gasteiger partial charge >= 0.3 is 0 Å². The standard InChI is InChI=1S/C23H30N4O3/c1-17-15-19(26-9-3-4-10-26)6-7-20(17)24-22(28)16-25-11-13-27(14-12-25)23(29)21-8-5-18(2)30-21/h5-8,15H,3-4,9-14,16H2,1-2H3,(H,24,28). The van der Waals surface area contributed by atoms with Gasteiger partial charge in [0.15, 0.2) is 5.76 Å². The van der Waals surface area contributed by atoms with Gasteiger partial charge in [-0.15, -0.1) is 0 Å². The van der Waals surface area contributed by atoms with Crippen molar-refractivity contribution in [3.8, 4) is 0 Å². The van der Waals surface area contributed by atoms with Gasteiger partial charge in [-0.3, -0.25) is 14.5 Å². The Kier molecular flexibility index (Phi) is 6.08. The van der Waals surface area contributed by atoms with E-state index in [2.05, 4.69) is 27.2 Å². The first-order chi connectivity index (χ1) is 14.5. The predicted octanol–water partition coefficient (Wildman–Crippen LogP) is 2.89. The van der Waals surface area contributed by atoms with Crippen molar-refractivity contribution in [3.63, 3.8) is 0 Å². The zero-order valence-electron chi connectivity index (χ0n) is 17.8. The first-order valence-electron chi connectivity index (χ1n) is 10.7. The Morgan fingerprint density at radius 3 is 2.33 bits per heavy atom. The highest BCUT2D eigenvalue weighted by atomic mass is 16.3. The molecule has 2 saturated heterocycles. The molecule has 0 spiro atoms. The van der Waals surface area contributed by atoms with Gasteiger partial charge in [0.25, 0.3) is 5.91 Å². The van der Waals surface area contributed by atoms with E-state index in [9.17, 15) is 9.59 Å². The molecule has 160 valence electrons. The molecular weight excluding hydrogens is 380 g/mol. The molecule has 0 aliphatic carbocycles. The third-order valence-corrected chi connectivity index (χ3v) is 5.93. The van der Waals surface area contributed by atoms with Crippen LogP contribution in [0, 0.1) is 13.8 Å². The van der Waals surface area contributed by atoms with E-state index < -0.39 is 0 Å². The second-order valence-corrected chi connectivity index (χ2v) is 8.22. The second kappa shape index (κ2) is 8.92. The number of benzene rings is 1. The molecule has 2 aromatic rings. The predicted molar refractivity (Wildman–Crippen MR) is 117 cm³/mol. The van der Waals surface area contributed by atoms with Crippen LogP contribution in [-0.2, 0) is 4.79 Å². The maximum Gasteiger partial charge on any atom is 0.289 e. The van der Waals surface area contributed by atoms with Gasteiger partial charge in [-0.25, -0.2) is 0 Å². The first kappa shape index (κ1) is 20.5. The SMILES string of the molecule is Cc1ccc(C(=O)N2CCN(CC(=O)Nc3ccc(N4CCCC4)cc3C)CC2)o1. The number of nitrogens with one attached hydrogen (secondary N) is 1. The lowest BCUT2D eigenvalue weighted by molar-refractivity contribution is -0.117. The third-order valence-electron chi connectivity index (χ3n) is 5.93. The Morgan fingerprint density at radius 1 is 0.967 bits per heavy atom. The van der Waals surface area contributed by atoms with Crippen molar-refractivity contribution in [1.29, 1.82) is 0 Å². The van der Waals surface area contributed by atoms with E-state index in [1.165, 1.54) is 18.5 Å². The van der Waals surface area contributed by atoms with Gasteiger partial charge in [-0.2, -0.15) is 0 Å². The van der Waals surface area contributed by atoms with Gasteiger partial charge in [0.2, 0.25) is 5.91 Å². The van der Waals surface area contributed by atoms with Crippen molar-refractivity contribution in [2.24, 2.45) is 0 Å². The molecule has 1 aromatic heterocycles. The summed E-state index contributed by atoms with van der Waals surface area (Å²) in [5.74, 6) is 1.01. The number of hydrogen-bond acceptors (Lipinski definition) is 5. The van der Waals surface area contributed by atoms with E-state index in [0.29, 0.717) is 38.5 Å². The van der Waals surface area contributed by atoms with E-state index in [-0.39, 0.29) is 11.8 Å². The summed E-state index contributed by atoms with van der Waals surface area (Å²) < 4.78 is 5.44. The fraction of sp³-hybridized carbons (Fsp3) is 0.478. The number of carbonyl (C=O) groups is 2. The number of aryl methyl sites for hydroxylation is 2. The van der Waals surface area contributed by atoms with Crippen LogP contribution in [0.25, 0.3) is 0 Å². The van der Waals surface area contributed by atoms with Gasteiger partial charge < -0.3 is 19.5 Å². The minimum Gasteiger partial charge on any atom is -0.456 e. The van der Waals surface area contributed by atoms with Crippen molar-refractivity contribution in [2.45, 2.75) is 26.7 Å². The number of hydrogen-bond donors (Lipinski definition) is 1. The largest absolute Gasteiger partial charge is 0.456 e. The molecule has 1 aromatic carbocycles. The Balaban J connectivity index is 1.26. The number of furan rings is 1. The molecule has 4 rings (SSSR count). The topological polar surface area (TPSA) is 69.0 Å². The summed E-state index contributed by atoms with van der Waals surface area (Å²) in [5.41, 5.74) is 3.18. The van der Waals surface area contributed by atoms with Crippen molar-refractivity contribution < 1.29 is 14.0 Å². The fourth-order valence-electron chi connectivity index (χ4n) is 4.17. The molecule has 7 heteroatoms. The number of piperazine rings is 1. The molecule has 0 radical (unpaired) electrons. The smallest absolute Gasteiger partial charge is 0.289 e. The second-order valence-electron chi connectivity index (χ2n) is 8.22. The van der Waals surface area contributed by atoms with Crippen LogP contribution in [0.3, 0.4) is 0 Å². The molecule has 1 N–H and O–H groups in total. The highest BCUT2D eigenvalue weighted by molar-refractivity contribution is 5.93. The molecule has 0 unspecified atom stereocenters. The molecule has 2 aliphatic heterocycles. The summed E-state index contributed by atoms with van der Waals surface area (Å²) in [7, 11) is 0.